The monoisotopic (exact) mass is 373 g/mol. The second-order valence-electron chi connectivity index (χ2n) is 6.26. The van der Waals surface area contributed by atoms with Crippen molar-refractivity contribution in [2.45, 2.75) is 47.3 Å². The molecule has 1 aromatic heterocycles. The van der Waals surface area contributed by atoms with Gasteiger partial charge in [0, 0.05) is 25.0 Å². The Balaban J connectivity index is 1.93. The summed E-state index contributed by atoms with van der Waals surface area (Å²) in [6.45, 7) is 13.1. The van der Waals surface area contributed by atoms with Gasteiger partial charge in [-0.05, 0) is 38.1 Å². The number of hydrogen-bond donors (Lipinski definition) is 2. The van der Waals surface area contributed by atoms with Gasteiger partial charge in [0.1, 0.15) is 5.01 Å². The first kappa shape index (κ1) is 20.4. The lowest BCUT2D eigenvalue weighted by atomic mass is 10.1. The Bertz CT molecular complexity index is 699. The molecular weight excluding hydrogens is 342 g/mol. The van der Waals surface area contributed by atoms with E-state index in [1.54, 1.807) is 18.4 Å². The summed E-state index contributed by atoms with van der Waals surface area (Å²) >= 11 is 1.73. The number of nitrogens with zero attached hydrogens (tertiary/aromatic N) is 3. The summed E-state index contributed by atoms with van der Waals surface area (Å²) < 4.78 is 0. The highest BCUT2D eigenvalue weighted by atomic mass is 32.1. The molecule has 0 aliphatic heterocycles. The molecule has 5 nitrogen and oxygen atoms in total. The van der Waals surface area contributed by atoms with Crippen LogP contribution in [-0.2, 0) is 19.6 Å². The summed E-state index contributed by atoms with van der Waals surface area (Å²) in [4.78, 5) is 12.6. The molecule has 0 aliphatic rings. The van der Waals surface area contributed by atoms with Gasteiger partial charge in [-0.15, -0.1) is 11.3 Å². The quantitative estimate of drug-likeness (QED) is 0.550. The van der Waals surface area contributed by atoms with Crippen molar-refractivity contribution in [2.24, 2.45) is 4.99 Å². The van der Waals surface area contributed by atoms with Crippen LogP contribution in [0.25, 0.3) is 0 Å². The summed E-state index contributed by atoms with van der Waals surface area (Å²) in [5.41, 5.74) is 3.79. The molecule has 0 saturated carbocycles. The van der Waals surface area contributed by atoms with Gasteiger partial charge in [0.05, 0.1) is 12.2 Å². The Morgan fingerprint density at radius 3 is 2.31 bits per heavy atom. The summed E-state index contributed by atoms with van der Waals surface area (Å²) in [5, 5.41) is 7.87. The molecule has 142 valence electrons. The molecule has 0 atom stereocenters. The van der Waals surface area contributed by atoms with E-state index in [1.807, 2.05) is 0 Å². The lowest BCUT2D eigenvalue weighted by Gasteiger charge is -2.20. The SMILES string of the molecule is CCN(CC)Cc1ccccc1CNC(=NC)NCc1nc(C)c(C)s1. The highest BCUT2D eigenvalue weighted by molar-refractivity contribution is 7.11. The zero-order valence-corrected chi connectivity index (χ0v) is 17.4. The van der Waals surface area contributed by atoms with E-state index in [1.165, 1.54) is 16.0 Å². The number of aliphatic imine (C=N–C) groups is 1. The van der Waals surface area contributed by atoms with Crippen LogP contribution in [0.5, 0.6) is 0 Å². The number of benzene rings is 1. The second-order valence-corrected chi connectivity index (χ2v) is 7.55. The molecule has 0 amide bonds. The average Bonchev–Trinajstić information content (AvgIpc) is 2.98. The van der Waals surface area contributed by atoms with Gasteiger partial charge in [0.2, 0.25) is 0 Å². The van der Waals surface area contributed by atoms with Crippen molar-refractivity contribution in [3.05, 3.63) is 51.0 Å². The fourth-order valence-corrected chi connectivity index (χ4v) is 3.62. The molecule has 2 N–H and O–H groups in total. The van der Waals surface area contributed by atoms with E-state index in [4.69, 9.17) is 0 Å². The second kappa shape index (κ2) is 10.3. The average molecular weight is 374 g/mol. The predicted molar refractivity (Wildman–Crippen MR) is 112 cm³/mol. The number of thiazole rings is 1. The number of rotatable bonds is 8. The molecule has 1 heterocycles. The maximum atomic E-state index is 4.57. The standard InChI is InChI=1S/C20H31N5S/c1-6-25(7-2)14-18-11-9-8-10-17(18)12-22-20(21-5)23-13-19-24-15(3)16(4)26-19/h8-11H,6-7,12-14H2,1-5H3,(H2,21,22,23). The van der Waals surface area contributed by atoms with Crippen LogP contribution in [0.3, 0.4) is 0 Å². The summed E-state index contributed by atoms with van der Waals surface area (Å²) in [5.74, 6) is 0.799. The van der Waals surface area contributed by atoms with E-state index in [0.29, 0.717) is 6.54 Å². The number of aromatic nitrogens is 1. The molecular formula is C20H31N5S. The first-order valence-electron chi connectivity index (χ1n) is 9.23. The normalized spacial score (nSPS) is 11.8. The molecule has 6 heteroatoms. The molecule has 2 aromatic rings. The van der Waals surface area contributed by atoms with Gasteiger partial charge in [-0.1, -0.05) is 38.1 Å². The van der Waals surface area contributed by atoms with E-state index in [9.17, 15) is 0 Å². The lowest BCUT2D eigenvalue weighted by molar-refractivity contribution is 0.295. The fraction of sp³-hybridized carbons (Fsp3) is 0.500. The zero-order chi connectivity index (χ0) is 18.9. The van der Waals surface area contributed by atoms with E-state index in [2.05, 4.69) is 77.5 Å². The van der Waals surface area contributed by atoms with E-state index >= 15 is 0 Å². The van der Waals surface area contributed by atoms with Gasteiger partial charge >= 0.3 is 0 Å². The minimum atomic E-state index is 0.695. The fourth-order valence-electron chi connectivity index (χ4n) is 2.75. The Morgan fingerprint density at radius 1 is 1.08 bits per heavy atom. The first-order chi connectivity index (χ1) is 12.6. The molecule has 0 radical (unpaired) electrons. The van der Waals surface area contributed by atoms with Crippen molar-refractivity contribution in [3.8, 4) is 0 Å². The molecule has 0 saturated heterocycles. The highest BCUT2D eigenvalue weighted by Crippen LogP contribution is 2.16. The molecule has 0 unspecified atom stereocenters. The Labute approximate surface area is 161 Å². The molecule has 0 aliphatic carbocycles. The third-order valence-electron chi connectivity index (χ3n) is 4.56. The third-order valence-corrected chi connectivity index (χ3v) is 5.63. The first-order valence-corrected chi connectivity index (χ1v) is 10.1. The van der Waals surface area contributed by atoms with Crippen LogP contribution in [0, 0.1) is 13.8 Å². The van der Waals surface area contributed by atoms with Crippen LogP contribution < -0.4 is 10.6 Å². The Kier molecular flexibility index (Phi) is 8.06. The van der Waals surface area contributed by atoms with Crippen molar-refractivity contribution in [1.82, 2.24) is 20.5 Å². The molecule has 0 bridgehead atoms. The molecule has 26 heavy (non-hydrogen) atoms. The van der Waals surface area contributed by atoms with Gasteiger partial charge in [-0.3, -0.25) is 9.89 Å². The number of aryl methyl sites for hydroxylation is 2. The van der Waals surface area contributed by atoms with E-state index < -0.39 is 0 Å². The molecule has 1 aromatic carbocycles. The largest absolute Gasteiger partial charge is 0.352 e. The lowest BCUT2D eigenvalue weighted by Crippen LogP contribution is -2.36. The van der Waals surface area contributed by atoms with Crippen molar-refractivity contribution in [2.75, 3.05) is 20.1 Å². The van der Waals surface area contributed by atoms with Crippen LogP contribution >= 0.6 is 11.3 Å². The van der Waals surface area contributed by atoms with Gasteiger partial charge < -0.3 is 10.6 Å². The van der Waals surface area contributed by atoms with Gasteiger partial charge in [0.25, 0.3) is 0 Å². The molecule has 2 rings (SSSR count). The minimum Gasteiger partial charge on any atom is -0.352 e. The van der Waals surface area contributed by atoms with Crippen LogP contribution in [-0.4, -0.2) is 36.0 Å². The number of nitrogens with one attached hydrogen (secondary N) is 2. The topological polar surface area (TPSA) is 52.5 Å². The number of hydrogen-bond acceptors (Lipinski definition) is 4. The third kappa shape index (κ3) is 5.81. The van der Waals surface area contributed by atoms with Gasteiger partial charge in [-0.2, -0.15) is 0 Å². The summed E-state index contributed by atoms with van der Waals surface area (Å²) in [7, 11) is 1.80. The maximum Gasteiger partial charge on any atom is 0.191 e. The van der Waals surface area contributed by atoms with Crippen LogP contribution in [0.15, 0.2) is 29.3 Å². The molecule has 0 spiro atoms. The zero-order valence-electron chi connectivity index (χ0n) is 16.6. The smallest absolute Gasteiger partial charge is 0.191 e. The van der Waals surface area contributed by atoms with Crippen LogP contribution in [0.1, 0.15) is 40.6 Å². The highest BCUT2D eigenvalue weighted by Gasteiger charge is 2.08. The van der Waals surface area contributed by atoms with E-state index in [0.717, 1.165) is 42.8 Å². The van der Waals surface area contributed by atoms with Gasteiger partial charge in [0.15, 0.2) is 5.96 Å². The van der Waals surface area contributed by atoms with E-state index in [-0.39, 0.29) is 0 Å². The van der Waals surface area contributed by atoms with Crippen molar-refractivity contribution < 1.29 is 0 Å². The van der Waals surface area contributed by atoms with Crippen LogP contribution in [0.2, 0.25) is 0 Å². The van der Waals surface area contributed by atoms with Crippen molar-refractivity contribution in [1.29, 1.82) is 0 Å². The Hall–Kier alpha value is -1.92. The number of guanidine groups is 1. The Morgan fingerprint density at radius 2 is 1.73 bits per heavy atom. The summed E-state index contributed by atoms with van der Waals surface area (Å²) in [6, 6.07) is 8.61. The van der Waals surface area contributed by atoms with Crippen molar-refractivity contribution >= 4 is 17.3 Å². The molecule has 0 fully saturated rings. The van der Waals surface area contributed by atoms with Crippen LogP contribution in [0.4, 0.5) is 0 Å². The van der Waals surface area contributed by atoms with Gasteiger partial charge in [-0.25, -0.2) is 4.98 Å². The van der Waals surface area contributed by atoms with Crippen molar-refractivity contribution in [3.63, 3.8) is 0 Å². The summed E-state index contributed by atoms with van der Waals surface area (Å²) in [6.07, 6.45) is 0. The minimum absolute atomic E-state index is 0.695. The predicted octanol–water partition coefficient (Wildman–Crippen LogP) is 3.47. The maximum absolute atomic E-state index is 4.57.